The quantitative estimate of drug-likeness (QED) is 0.900. The van der Waals surface area contributed by atoms with Crippen molar-refractivity contribution in [2.45, 2.75) is 20.0 Å². The number of carbonyl (C=O) groups excluding carboxylic acids is 2. The first-order valence-corrected chi connectivity index (χ1v) is 7.11. The van der Waals surface area contributed by atoms with Gasteiger partial charge in [-0.15, -0.1) is 0 Å². The predicted molar refractivity (Wildman–Crippen MR) is 83.2 cm³/mol. The molecule has 0 fully saturated rings. The lowest BCUT2D eigenvalue weighted by molar-refractivity contribution is -0.174. The van der Waals surface area contributed by atoms with Crippen molar-refractivity contribution < 1.29 is 22.8 Å². The third-order valence-electron chi connectivity index (χ3n) is 3.44. The standard InChI is InChI=1S/C16H16F3N3O2/c1-15(2,9-21-14(24)16(17,18)19)13(23)22-11-7-3-5-10-6-4-8-20-12(10)11/h3-8H,9H2,1-2H3,(H,21,24)(H,22,23). The number of alkyl halides is 3. The number of hydrogen-bond acceptors (Lipinski definition) is 3. The number of pyridine rings is 1. The van der Waals surface area contributed by atoms with Crippen molar-refractivity contribution >= 4 is 28.4 Å². The zero-order chi connectivity index (χ0) is 18.0. The molecule has 2 aromatic rings. The summed E-state index contributed by atoms with van der Waals surface area (Å²) in [5, 5.41) is 5.20. The lowest BCUT2D eigenvalue weighted by Crippen LogP contribution is -2.45. The molecule has 1 aromatic carbocycles. The van der Waals surface area contributed by atoms with Gasteiger partial charge in [0.25, 0.3) is 0 Å². The van der Waals surface area contributed by atoms with Crippen LogP contribution in [0, 0.1) is 5.41 Å². The molecule has 8 heteroatoms. The van der Waals surface area contributed by atoms with Gasteiger partial charge in [-0.1, -0.05) is 18.2 Å². The number of fused-ring (bicyclic) bond motifs is 1. The molecule has 0 bridgehead atoms. The number of hydrogen-bond donors (Lipinski definition) is 2. The first-order valence-electron chi connectivity index (χ1n) is 7.11. The Morgan fingerprint density at radius 1 is 1.08 bits per heavy atom. The molecule has 2 rings (SSSR count). The maximum Gasteiger partial charge on any atom is 0.471 e. The summed E-state index contributed by atoms with van der Waals surface area (Å²) in [5.74, 6) is -2.60. The van der Waals surface area contributed by atoms with Crippen LogP contribution in [-0.4, -0.2) is 29.5 Å². The Morgan fingerprint density at radius 2 is 1.75 bits per heavy atom. The molecule has 1 aromatic heterocycles. The third-order valence-corrected chi connectivity index (χ3v) is 3.44. The molecule has 128 valence electrons. The van der Waals surface area contributed by atoms with Gasteiger partial charge in [-0.05, 0) is 26.0 Å². The van der Waals surface area contributed by atoms with Crippen LogP contribution in [0.3, 0.4) is 0 Å². The second-order valence-corrected chi connectivity index (χ2v) is 5.90. The van der Waals surface area contributed by atoms with Gasteiger partial charge >= 0.3 is 12.1 Å². The summed E-state index contributed by atoms with van der Waals surface area (Å²) in [5.41, 5.74) is -0.213. The van der Waals surface area contributed by atoms with Gasteiger partial charge in [-0.2, -0.15) is 13.2 Å². The van der Waals surface area contributed by atoms with E-state index in [1.807, 2.05) is 12.1 Å². The van der Waals surface area contributed by atoms with E-state index in [9.17, 15) is 22.8 Å². The summed E-state index contributed by atoms with van der Waals surface area (Å²) in [6.45, 7) is 2.43. The normalized spacial score (nSPS) is 12.0. The van der Waals surface area contributed by atoms with Crippen LogP contribution in [0.1, 0.15) is 13.8 Å². The van der Waals surface area contributed by atoms with Gasteiger partial charge in [-0.25, -0.2) is 0 Å². The number of benzene rings is 1. The molecule has 0 unspecified atom stereocenters. The number of rotatable bonds is 4. The molecule has 0 radical (unpaired) electrons. The van der Waals surface area contributed by atoms with E-state index in [2.05, 4.69) is 10.3 Å². The average Bonchev–Trinajstić information content (AvgIpc) is 2.52. The molecule has 0 spiro atoms. The number of nitrogens with one attached hydrogen (secondary N) is 2. The molecule has 5 nitrogen and oxygen atoms in total. The first-order chi connectivity index (χ1) is 11.1. The molecule has 1 heterocycles. The summed E-state index contributed by atoms with van der Waals surface area (Å²) in [6, 6.07) is 8.79. The molecule has 2 amide bonds. The Balaban J connectivity index is 2.11. The zero-order valence-electron chi connectivity index (χ0n) is 13.1. The van der Waals surface area contributed by atoms with E-state index in [0.29, 0.717) is 11.2 Å². The monoisotopic (exact) mass is 339 g/mol. The number of para-hydroxylation sites is 1. The maximum absolute atomic E-state index is 12.4. The van der Waals surface area contributed by atoms with Crippen molar-refractivity contribution in [1.82, 2.24) is 10.3 Å². The fourth-order valence-corrected chi connectivity index (χ4v) is 1.98. The van der Waals surface area contributed by atoms with Crippen molar-refractivity contribution in [2.24, 2.45) is 5.41 Å². The van der Waals surface area contributed by atoms with Gasteiger partial charge in [0.05, 0.1) is 16.6 Å². The molecule has 0 saturated carbocycles. The highest BCUT2D eigenvalue weighted by Gasteiger charge is 2.40. The first kappa shape index (κ1) is 17.7. The van der Waals surface area contributed by atoms with Crippen molar-refractivity contribution in [2.75, 3.05) is 11.9 Å². The molecule has 24 heavy (non-hydrogen) atoms. The van der Waals surface area contributed by atoms with Crippen LogP contribution >= 0.6 is 0 Å². The van der Waals surface area contributed by atoms with Gasteiger partial charge in [-0.3, -0.25) is 14.6 Å². The Bertz CT molecular complexity index is 767. The summed E-state index contributed by atoms with van der Waals surface area (Å²) in [6.07, 6.45) is -3.40. The molecule has 0 aliphatic rings. The summed E-state index contributed by atoms with van der Waals surface area (Å²) < 4.78 is 36.7. The Hall–Kier alpha value is -2.64. The van der Waals surface area contributed by atoms with Crippen LogP contribution in [0.15, 0.2) is 36.5 Å². The van der Waals surface area contributed by atoms with E-state index in [4.69, 9.17) is 0 Å². The van der Waals surface area contributed by atoms with Gasteiger partial charge in [0.1, 0.15) is 0 Å². The van der Waals surface area contributed by atoms with Crippen LogP contribution < -0.4 is 10.6 Å². The lowest BCUT2D eigenvalue weighted by atomic mass is 9.92. The lowest BCUT2D eigenvalue weighted by Gasteiger charge is -2.24. The number of nitrogens with zero attached hydrogens (tertiary/aromatic N) is 1. The average molecular weight is 339 g/mol. The molecule has 0 aliphatic heterocycles. The molecule has 2 N–H and O–H groups in total. The van der Waals surface area contributed by atoms with Crippen molar-refractivity contribution in [3.8, 4) is 0 Å². The van der Waals surface area contributed by atoms with Crippen molar-refractivity contribution in [3.63, 3.8) is 0 Å². The minimum absolute atomic E-state index is 0.449. The number of carbonyl (C=O) groups is 2. The summed E-state index contributed by atoms with van der Waals surface area (Å²) in [7, 11) is 0. The zero-order valence-corrected chi connectivity index (χ0v) is 13.1. The van der Waals surface area contributed by atoms with Gasteiger partial charge in [0, 0.05) is 18.1 Å². The third kappa shape index (κ3) is 4.01. The number of halogens is 3. The van der Waals surface area contributed by atoms with E-state index in [1.54, 1.807) is 29.7 Å². The smallest absolute Gasteiger partial charge is 0.347 e. The number of anilines is 1. The van der Waals surface area contributed by atoms with Gasteiger partial charge < -0.3 is 10.6 Å². The van der Waals surface area contributed by atoms with E-state index in [0.717, 1.165) is 5.39 Å². The van der Waals surface area contributed by atoms with Crippen LogP contribution in [0.4, 0.5) is 18.9 Å². The summed E-state index contributed by atoms with van der Waals surface area (Å²) in [4.78, 5) is 27.4. The number of amides is 2. The SMILES string of the molecule is CC(C)(CNC(=O)C(F)(F)F)C(=O)Nc1cccc2cccnc12. The minimum Gasteiger partial charge on any atom is -0.347 e. The van der Waals surface area contributed by atoms with Crippen LogP contribution in [0.5, 0.6) is 0 Å². The van der Waals surface area contributed by atoms with Crippen molar-refractivity contribution in [1.29, 1.82) is 0 Å². The van der Waals surface area contributed by atoms with E-state index < -0.39 is 30.0 Å². The molecule has 0 saturated heterocycles. The Morgan fingerprint density at radius 3 is 2.42 bits per heavy atom. The van der Waals surface area contributed by atoms with E-state index in [-0.39, 0.29) is 0 Å². The van der Waals surface area contributed by atoms with Crippen LogP contribution in [0.25, 0.3) is 10.9 Å². The second kappa shape index (κ2) is 6.46. The van der Waals surface area contributed by atoms with Gasteiger partial charge in [0.2, 0.25) is 5.91 Å². The van der Waals surface area contributed by atoms with Crippen LogP contribution in [0.2, 0.25) is 0 Å². The second-order valence-electron chi connectivity index (χ2n) is 5.90. The molecule has 0 aliphatic carbocycles. The highest BCUT2D eigenvalue weighted by Crippen LogP contribution is 2.24. The highest BCUT2D eigenvalue weighted by atomic mass is 19.4. The Labute approximate surface area is 136 Å². The summed E-state index contributed by atoms with van der Waals surface area (Å²) >= 11 is 0. The van der Waals surface area contributed by atoms with Gasteiger partial charge in [0.15, 0.2) is 0 Å². The van der Waals surface area contributed by atoms with E-state index in [1.165, 1.54) is 13.8 Å². The van der Waals surface area contributed by atoms with Crippen molar-refractivity contribution in [3.05, 3.63) is 36.5 Å². The number of aromatic nitrogens is 1. The fraction of sp³-hybridized carbons (Fsp3) is 0.312. The molecular formula is C16H16F3N3O2. The maximum atomic E-state index is 12.4. The highest BCUT2D eigenvalue weighted by molar-refractivity contribution is 6.02. The minimum atomic E-state index is -4.98. The molecular weight excluding hydrogens is 323 g/mol. The largest absolute Gasteiger partial charge is 0.471 e. The predicted octanol–water partition coefficient (Wildman–Crippen LogP) is 2.88. The molecule has 0 atom stereocenters. The van der Waals surface area contributed by atoms with E-state index >= 15 is 0 Å². The Kier molecular flexibility index (Phi) is 4.77. The topological polar surface area (TPSA) is 71.1 Å². The van der Waals surface area contributed by atoms with Crippen LogP contribution in [-0.2, 0) is 9.59 Å². The fourth-order valence-electron chi connectivity index (χ4n) is 1.98.